The van der Waals surface area contributed by atoms with E-state index in [9.17, 15) is 9.59 Å². The van der Waals surface area contributed by atoms with Gasteiger partial charge in [-0.3, -0.25) is 4.79 Å². The minimum atomic E-state index is -1.98. The first-order valence-electron chi connectivity index (χ1n) is 10.4. The number of β-lactam (4-membered cyclic amide) rings is 1. The van der Waals surface area contributed by atoms with Crippen LogP contribution in [0.4, 0.5) is 0 Å². The SMILES string of the molecule is CS[C@H]1S[C@@H]2[C@@H]([C@@H](C)O[Si](C)(C)C(C)(C)C)C(=O)N2[C@H]1C(=O)OCc1ccccc1. The molecule has 0 spiro atoms. The Kier molecular flexibility index (Phi) is 7.01. The molecule has 2 aliphatic rings. The zero-order chi connectivity index (χ0) is 22.3. The first-order valence-corrected chi connectivity index (χ1v) is 15.5. The Bertz CT molecular complexity index is 783. The standard InChI is InChI=1S/C22H33NO4S2Si/c1-14(27-30(6,7)22(2,3)4)16-18(24)23-17(21(28-5)29-19(16)23)20(25)26-13-15-11-9-8-10-12-15/h8-12,14,16-17,19,21H,13H2,1-7H3/t14-,16+,17+,19-,21+/m1/s1. The van der Waals surface area contributed by atoms with Crippen molar-refractivity contribution in [3.8, 4) is 0 Å². The molecule has 0 saturated carbocycles. The Labute approximate surface area is 189 Å². The molecule has 2 heterocycles. The summed E-state index contributed by atoms with van der Waals surface area (Å²) >= 11 is 3.30. The molecule has 1 amide bonds. The number of carbonyl (C=O) groups is 2. The third-order valence-electron chi connectivity index (χ3n) is 6.44. The summed E-state index contributed by atoms with van der Waals surface area (Å²) in [7, 11) is -1.98. The van der Waals surface area contributed by atoms with E-state index in [-0.39, 0.29) is 45.5 Å². The summed E-state index contributed by atoms with van der Waals surface area (Å²) < 4.78 is 12.1. The molecule has 5 nitrogen and oxygen atoms in total. The average Bonchev–Trinajstić information content (AvgIpc) is 3.00. The Balaban J connectivity index is 1.67. The fourth-order valence-corrected chi connectivity index (χ4v) is 7.92. The van der Waals surface area contributed by atoms with Crippen LogP contribution in [-0.4, -0.2) is 53.5 Å². The summed E-state index contributed by atoms with van der Waals surface area (Å²) in [5, 5.41) is 0.0614. The second-order valence-electron chi connectivity index (χ2n) is 9.52. The maximum absolute atomic E-state index is 13.1. The third kappa shape index (κ3) is 4.47. The molecule has 0 N–H and O–H groups in total. The van der Waals surface area contributed by atoms with Gasteiger partial charge in [0.25, 0.3) is 0 Å². The highest BCUT2D eigenvalue weighted by Gasteiger charge is 2.63. The van der Waals surface area contributed by atoms with Crippen LogP contribution in [-0.2, 0) is 25.4 Å². The van der Waals surface area contributed by atoms with Gasteiger partial charge in [0.2, 0.25) is 5.91 Å². The highest BCUT2D eigenvalue weighted by Crippen LogP contribution is 2.53. The lowest BCUT2D eigenvalue weighted by molar-refractivity contribution is -0.169. The number of esters is 1. The lowest BCUT2D eigenvalue weighted by Gasteiger charge is -2.48. The highest BCUT2D eigenvalue weighted by atomic mass is 32.2. The predicted octanol–water partition coefficient (Wildman–Crippen LogP) is 4.73. The molecule has 30 heavy (non-hydrogen) atoms. The van der Waals surface area contributed by atoms with E-state index in [4.69, 9.17) is 9.16 Å². The van der Waals surface area contributed by atoms with Crippen LogP contribution < -0.4 is 0 Å². The Morgan fingerprint density at radius 2 is 1.90 bits per heavy atom. The number of thioether (sulfide) groups is 2. The van der Waals surface area contributed by atoms with Crippen molar-refractivity contribution in [3.05, 3.63) is 35.9 Å². The molecule has 1 aromatic rings. The molecule has 2 saturated heterocycles. The number of hydrogen-bond acceptors (Lipinski definition) is 6. The van der Waals surface area contributed by atoms with Gasteiger partial charge < -0.3 is 14.1 Å². The van der Waals surface area contributed by atoms with Crippen LogP contribution >= 0.6 is 23.5 Å². The lowest BCUT2D eigenvalue weighted by Crippen LogP contribution is -2.65. The van der Waals surface area contributed by atoms with E-state index in [1.165, 1.54) is 0 Å². The van der Waals surface area contributed by atoms with E-state index in [1.54, 1.807) is 28.4 Å². The quantitative estimate of drug-likeness (QED) is 0.328. The first-order chi connectivity index (χ1) is 14.0. The van der Waals surface area contributed by atoms with Gasteiger partial charge in [-0.1, -0.05) is 51.1 Å². The van der Waals surface area contributed by atoms with Crippen LogP contribution in [0.3, 0.4) is 0 Å². The Morgan fingerprint density at radius 3 is 2.47 bits per heavy atom. The second-order valence-corrected chi connectivity index (χ2v) is 16.8. The number of hydrogen-bond donors (Lipinski definition) is 0. The van der Waals surface area contributed by atoms with Crippen LogP contribution in [0.1, 0.15) is 33.3 Å². The van der Waals surface area contributed by atoms with E-state index in [0.29, 0.717) is 0 Å². The van der Waals surface area contributed by atoms with Crippen molar-refractivity contribution in [1.29, 1.82) is 0 Å². The third-order valence-corrected chi connectivity index (χ3v) is 14.0. The van der Waals surface area contributed by atoms with Gasteiger partial charge in [0, 0.05) is 0 Å². The van der Waals surface area contributed by atoms with Crippen molar-refractivity contribution in [1.82, 2.24) is 4.90 Å². The maximum atomic E-state index is 13.1. The van der Waals surface area contributed by atoms with Gasteiger partial charge in [0.1, 0.15) is 6.61 Å². The summed E-state index contributed by atoms with van der Waals surface area (Å²) in [6.07, 6.45) is 1.82. The number of carbonyl (C=O) groups excluding carboxylic acids is 2. The van der Waals surface area contributed by atoms with Crippen molar-refractivity contribution in [2.45, 2.75) is 74.5 Å². The number of rotatable bonds is 7. The van der Waals surface area contributed by atoms with Crippen LogP contribution in [0.2, 0.25) is 18.1 Å². The number of benzene rings is 1. The molecule has 0 radical (unpaired) electrons. The Morgan fingerprint density at radius 1 is 1.27 bits per heavy atom. The number of ether oxygens (including phenoxy) is 1. The first kappa shape index (κ1) is 23.7. The van der Waals surface area contributed by atoms with Gasteiger partial charge in [-0.15, -0.1) is 23.5 Å². The van der Waals surface area contributed by atoms with Crippen LogP contribution in [0.5, 0.6) is 0 Å². The van der Waals surface area contributed by atoms with Gasteiger partial charge in [0.05, 0.1) is 22.0 Å². The number of amides is 1. The molecule has 5 atom stereocenters. The average molecular weight is 468 g/mol. The summed E-state index contributed by atoms with van der Waals surface area (Å²) in [4.78, 5) is 27.7. The van der Waals surface area contributed by atoms with E-state index >= 15 is 0 Å². The summed E-state index contributed by atoms with van der Waals surface area (Å²) in [5.74, 6) is -0.513. The normalized spacial score (nSPS) is 27.4. The van der Waals surface area contributed by atoms with Gasteiger partial charge in [-0.25, -0.2) is 4.79 Å². The summed E-state index contributed by atoms with van der Waals surface area (Å²) in [6, 6.07) is 9.08. The van der Waals surface area contributed by atoms with E-state index in [0.717, 1.165) is 5.56 Å². The monoisotopic (exact) mass is 467 g/mol. The van der Waals surface area contributed by atoms with Crippen molar-refractivity contribution in [3.63, 3.8) is 0 Å². The molecule has 2 fully saturated rings. The molecule has 0 aliphatic carbocycles. The van der Waals surface area contributed by atoms with Crippen molar-refractivity contribution < 1.29 is 18.8 Å². The van der Waals surface area contributed by atoms with Crippen LogP contribution in [0.25, 0.3) is 0 Å². The zero-order valence-electron chi connectivity index (χ0n) is 18.9. The van der Waals surface area contributed by atoms with Crippen molar-refractivity contribution >= 4 is 43.7 Å². The minimum absolute atomic E-state index is 0.0110. The predicted molar refractivity (Wildman–Crippen MR) is 127 cm³/mol. The van der Waals surface area contributed by atoms with E-state index in [1.807, 2.05) is 43.5 Å². The van der Waals surface area contributed by atoms with Gasteiger partial charge in [-0.05, 0) is 36.9 Å². The second kappa shape index (κ2) is 8.88. The molecule has 2 aliphatic heterocycles. The maximum Gasteiger partial charge on any atom is 0.331 e. The van der Waals surface area contributed by atoms with Crippen LogP contribution in [0.15, 0.2) is 30.3 Å². The van der Waals surface area contributed by atoms with Gasteiger partial charge in [0.15, 0.2) is 14.4 Å². The molecule has 166 valence electrons. The van der Waals surface area contributed by atoms with Gasteiger partial charge >= 0.3 is 5.97 Å². The highest BCUT2D eigenvalue weighted by molar-refractivity contribution is 8.17. The number of fused-ring (bicyclic) bond motifs is 1. The van der Waals surface area contributed by atoms with Gasteiger partial charge in [-0.2, -0.15) is 0 Å². The van der Waals surface area contributed by atoms with Crippen molar-refractivity contribution in [2.24, 2.45) is 5.92 Å². The van der Waals surface area contributed by atoms with E-state index < -0.39 is 14.4 Å². The molecule has 1 aromatic carbocycles. The molecule has 8 heteroatoms. The van der Waals surface area contributed by atoms with E-state index in [2.05, 4.69) is 33.9 Å². The summed E-state index contributed by atoms with van der Waals surface area (Å²) in [6.45, 7) is 13.3. The largest absolute Gasteiger partial charge is 0.459 e. The fourth-order valence-electron chi connectivity index (χ4n) is 3.67. The smallest absolute Gasteiger partial charge is 0.331 e. The Hall–Kier alpha value is -0.963. The molecule has 0 unspecified atom stereocenters. The molecular weight excluding hydrogens is 434 g/mol. The molecule has 3 rings (SSSR count). The number of nitrogens with zero attached hydrogens (tertiary/aromatic N) is 1. The topological polar surface area (TPSA) is 55.8 Å². The zero-order valence-corrected chi connectivity index (χ0v) is 21.5. The molecular formula is C22H33NO4S2Si. The summed E-state index contributed by atoms with van der Waals surface area (Å²) in [5.41, 5.74) is 0.943. The van der Waals surface area contributed by atoms with Crippen molar-refractivity contribution in [2.75, 3.05) is 6.26 Å². The lowest BCUT2D eigenvalue weighted by atomic mass is 9.91. The van der Waals surface area contributed by atoms with Crippen LogP contribution in [0, 0.1) is 5.92 Å². The minimum Gasteiger partial charge on any atom is -0.459 e. The molecule has 0 aromatic heterocycles. The molecule has 0 bridgehead atoms. The fraction of sp³-hybridized carbons (Fsp3) is 0.636.